The number of rotatable bonds is 4. The molecule has 0 bridgehead atoms. The summed E-state index contributed by atoms with van der Waals surface area (Å²) in [4.78, 5) is 36.5. The SMILES string of the molecule is O=C1[C@H]2[C@@H](ON(c3ccccc3)[C@H]2c2ccco2)C(=O)N1c1ccc(N2CCOCC2)cc1. The van der Waals surface area contributed by atoms with Crippen LogP contribution in [0.1, 0.15) is 11.8 Å². The molecule has 1 aromatic heterocycles. The molecule has 6 rings (SSSR count). The number of amides is 2. The molecule has 2 amide bonds. The van der Waals surface area contributed by atoms with E-state index in [1.165, 1.54) is 4.90 Å². The lowest BCUT2D eigenvalue weighted by Gasteiger charge is -2.29. The Morgan fingerprint density at radius 3 is 2.18 bits per heavy atom. The summed E-state index contributed by atoms with van der Waals surface area (Å²) in [6.07, 6.45) is 0.654. The molecule has 3 aromatic rings. The average molecular weight is 445 g/mol. The molecule has 8 nitrogen and oxygen atoms in total. The molecule has 0 N–H and O–H groups in total. The van der Waals surface area contributed by atoms with Gasteiger partial charge in [-0.1, -0.05) is 18.2 Å². The van der Waals surface area contributed by atoms with Crippen molar-refractivity contribution in [2.75, 3.05) is 41.2 Å². The fourth-order valence-electron chi connectivity index (χ4n) is 4.85. The summed E-state index contributed by atoms with van der Waals surface area (Å²) in [5.74, 6) is -0.775. The Hall–Kier alpha value is -3.62. The molecule has 0 aliphatic carbocycles. The second-order valence-corrected chi connectivity index (χ2v) is 8.30. The van der Waals surface area contributed by atoms with E-state index in [0.717, 1.165) is 24.5 Å². The van der Waals surface area contributed by atoms with Gasteiger partial charge in [0.25, 0.3) is 5.91 Å². The third-order valence-electron chi connectivity index (χ3n) is 6.44. The van der Waals surface area contributed by atoms with Crippen molar-refractivity contribution in [3.63, 3.8) is 0 Å². The molecule has 0 saturated carbocycles. The van der Waals surface area contributed by atoms with Crippen molar-refractivity contribution in [2.24, 2.45) is 5.92 Å². The molecule has 3 aliphatic rings. The minimum absolute atomic E-state index is 0.288. The van der Waals surface area contributed by atoms with E-state index < -0.39 is 18.1 Å². The highest BCUT2D eigenvalue weighted by atomic mass is 16.7. The van der Waals surface area contributed by atoms with Crippen LogP contribution in [0.25, 0.3) is 0 Å². The highest BCUT2D eigenvalue weighted by Gasteiger charge is 2.61. The van der Waals surface area contributed by atoms with Crippen molar-refractivity contribution in [2.45, 2.75) is 12.1 Å². The largest absolute Gasteiger partial charge is 0.467 e. The van der Waals surface area contributed by atoms with Gasteiger partial charge in [0, 0.05) is 18.8 Å². The standard InChI is InChI=1S/C25H23N3O5/c29-24-21-22(20-7-4-14-32-20)28(19-5-2-1-3-6-19)33-23(21)25(30)27(24)18-10-8-17(9-11-18)26-12-15-31-16-13-26/h1-11,14,21-23H,12-13,15-16H2/t21-,22+,23-/m1/s1. The van der Waals surface area contributed by atoms with Gasteiger partial charge in [-0.2, -0.15) is 0 Å². The third-order valence-corrected chi connectivity index (χ3v) is 6.44. The summed E-state index contributed by atoms with van der Waals surface area (Å²) in [7, 11) is 0. The highest BCUT2D eigenvalue weighted by molar-refractivity contribution is 6.23. The van der Waals surface area contributed by atoms with Gasteiger partial charge in [0.15, 0.2) is 6.10 Å². The van der Waals surface area contributed by atoms with Crippen molar-refractivity contribution in [3.8, 4) is 0 Å². The first-order valence-electron chi connectivity index (χ1n) is 11.1. The lowest BCUT2D eigenvalue weighted by atomic mass is 9.94. The zero-order valence-corrected chi connectivity index (χ0v) is 17.9. The van der Waals surface area contributed by atoms with E-state index in [9.17, 15) is 9.59 Å². The minimum atomic E-state index is -0.910. The Morgan fingerprint density at radius 1 is 0.758 bits per heavy atom. The number of carbonyl (C=O) groups excluding carboxylic acids is 2. The number of anilines is 3. The van der Waals surface area contributed by atoms with E-state index in [1.54, 1.807) is 17.4 Å². The number of morpholine rings is 1. The lowest BCUT2D eigenvalue weighted by molar-refractivity contribution is -0.126. The fraction of sp³-hybridized carbons (Fsp3) is 0.280. The Kier molecular flexibility index (Phi) is 4.89. The number of ether oxygens (including phenoxy) is 1. The molecule has 0 unspecified atom stereocenters. The average Bonchev–Trinajstić information content (AvgIpc) is 3.58. The number of hydrogen-bond acceptors (Lipinski definition) is 7. The number of hydroxylamine groups is 1. The number of para-hydroxylation sites is 1. The maximum Gasteiger partial charge on any atom is 0.266 e. The van der Waals surface area contributed by atoms with Crippen molar-refractivity contribution < 1.29 is 23.6 Å². The van der Waals surface area contributed by atoms with Crippen LogP contribution in [0.3, 0.4) is 0 Å². The quantitative estimate of drug-likeness (QED) is 0.571. The smallest absolute Gasteiger partial charge is 0.266 e. The molecule has 0 radical (unpaired) electrons. The van der Waals surface area contributed by atoms with Crippen LogP contribution in [0.5, 0.6) is 0 Å². The summed E-state index contributed by atoms with van der Waals surface area (Å²) in [5, 5.41) is 1.63. The number of fused-ring (bicyclic) bond motifs is 1. The van der Waals surface area contributed by atoms with Crippen LogP contribution >= 0.6 is 0 Å². The second kappa shape index (κ2) is 8.06. The molecular formula is C25H23N3O5. The molecule has 8 heteroatoms. The highest BCUT2D eigenvalue weighted by Crippen LogP contribution is 2.47. The maximum absolute atomic E-state index is 13.6. The van der Waals surface area contributed by atoms with Gasteiger partial charge < -0.3 is 14.1 Å². The van der Waals surface area contributed by atoms with Gasteiger partial charge in [0.05, 0.1) is 30.9 Å². The lowest BCUT2D eigenvalue weighted by Crippen LogP contribution is -2.37. The van der Waals surface area contributed by atoms with E-state index in [1.807, 2.05) is 60.7 Å². The molecule has 0 spiro atoms. The summed E-state index contributed by atoms with van der Waals surface area (Å²) in [6.45, 7) is 3.02. The summed E-state index contributed by atoms with van der Waals surface area (Å²) < 4.78 is 11.1. The molecule has 3 atom stereocenters. The van der Waals surface area contributed by atoms with Crippen molar-refractivity contribution >= 4 is 28.9 Å². The normalized spacial score (nSPS) is 25.1. The summed E-state index contributed by atoms with van der Waals surface area (Å²) in [5.41, 5.74) is 2.35. The van der Waals surface area contributed by atoms with Crippen molar-refractivity contribution in [1.82, 2.24) is 0 Å². The Labute approximate surface area is 190 Å². The molecule has 168 valence electrons. The second-order valence-electron chi connectivity index (χ2n) is 8.30. The van der Waals surface area contributed by atoms with E-state index in [0.29, 0.717) is 24.7 Å². The first-order chi connectivity index (χ1) is 16.2. The van der Waals surface area contributed by atoms with Crippen molar-refractivity contribution in [1.29, 1.82) is 0 Å². The number of furan rings is 1. The first-order valence-corrected chi connectivity index (χ1v) is 11.1. The van der Waals surface area contributed by atoms with Gasteiger partial charge in [-0.3, -0.25) is 14.4 Å². The monoisotopic (exact) mass is 445 g/mol. The molecule has 3 aliphatic heterocycles. The molecule has 4 heterocycles. The van der Waals surface area contributed by atoms with Gasteiger partial charge in [-0.25, -0.2) is 9.96 Å². The molecular weight excluding hydrogens is 422 g/mol. The zero-order valence-electron chi connectivity index (χ0n) is 17.9. The molecule has 3 fully saturated rings. The molecule has 2 aromatic carbocycles. The van der Waals surface area contributed by atoms with Gasteiger partial charge in [0.1, 0.15) is 17.7 Å². The van der Waals surface area contributed by atoms with Crippen LogP contribution in [0.4, 0.5) is 17.1 Å². The van der Waals surface area contributed by atoms with E-state index in [2.05, 4.69) is 4.90 Å². The van der Waals surface area contributed by atoms with Gasteiger partial charge in [-0.15, -0.1) is 0 Å². The van der Waals surface area contributed by atoms with Gasteiger partial charge in [-0.05, 0) is 48.5 Å². The van der Waals surface area contributed by atoms with Crippen LogP contribution in [0.2, 0.25) is 0 Å². The summed E-state index contributed by atoms with van der Waals surface area (Å²) >= 11 is 0. The Balaban J connectivity index is 1.31. The van der Waals surface area contributed by atoms with Crippen LogP contribution in [-0.2, 0) is 19.2 Å². The van der Waals surface area contributed by atoms with Crippen LogP contribution in [-0.4, -0.2) is 44.2 Å². The predicted molar refractivity (Wildman–Crippen MR) is 121 cm³/mol. The molecule has 3 saturated heterocycles. The summed E-state index contributed by atoms with van der Waals surface area (Å²) in [6, 6.07) is 20.0. The maximum atomic E-state index is 13.6. The Morgan fingerprint density at radius 2 is 1.48 bits per heavy atom. The fourth-order valence-corrected chi connectivity index (χ4v) is 4.85. The zero-order chi connectivity index (χ0) is 22.4. The number of hydrogen-bond donors (Lipinski definition) is 0. The minimum Gasteiger partial charge on any atom is -0.467 e. The molecule has 33 heavy (non-hydrogen) atoms. The van der Waals surface area contributed by atoms with Crippen LogP contribution in [0, 0.1) is 5.92 Å². The van der Waals surface area contributed by atoms with Crippen molar-refractivity contribution in [3.05, 3.63) is 78.8 Å². The van der Waals surface area contributed by atoms with E-state index in [-0.39, 0.29) is 11.8 Å². The van der Waals surface area contributed by atoms with Crippen LogP contribution < -0.4 is 14.9 Å². The Bertz CT molecular complexity index is 1140. The number of nitrogens with zero attached hydrogens (tertiary/aromatic N) is 3. The van der Waals surface area contributed by atoms with Gasteiger partial charge in [0.2, 0.25) is 5.91 Å². The van der Waals surface area contributed by atoms with Crippen LogP contribution in [0.15, 0.2) is 77.4 Å². The van der Waals surface area contributed by atoms with Gasteiger partial charge >= 0.3 is 0 Å². The third kappa shape index (κ3) is 3.30. The number of imide groups is 1. The number of benzene rings is 2. The first kappa shape index (κ1) is 20.0. The van der Waals surface area contributed by atoms with E-state index >= 15 is 0 Å². The number of carbonyl (C=O) groups is 2. The van der Waals surface area contributed by atoms with E-state index in [4.69, 9.17) is 14.0 Å². The predicted octanol–water partition coefficient (Wildman–Crippen LogP) is 3.17. The topological polar surface area (TPSA) is 75.5 Å².